The highest BCUT2D eigenvalue weighted by atomic mass is 16.5. The number of morpholine rings is 1. The minimum Gasteiger partial charge on any atom is -0.390 e. The molecule has 9 heteroatoms. The van der Waals surface area contributed by atoms with Crippen LogP contribution in [0.3, 0.4) is 0 Å². The number of aliphatic hydroxyl groups is 1. The van der Waals surface area contributed by atoms with Gasteiger partial charge >= 0.3 is 0 Å². The summed E-state index contributed by atoms with van der Waals surface area (Å²) in [5.41, 5.74) is 2.22. The van der Waals surface area contributed by atoms with Gasteiger partial charge in [-0.25, -0.2) is 9.97 Å². The zero-order chi connectivity index (χ0) is 24.5. The summed E-state index contributed by atoms with van der Waals surface area (Å²) in [5.74, 6) is 1.25. The van der Waals surface area contributed by atoms with Crippen molar-refractivity contribution in [1.29, 1.82) is 0 Å². The molecule has 6 rings (SSSR count). The van der Waals surface area contributed by atoms with Crippen molar-refractivity contribution in [3.63, 3.8) is 0 Å². The number of ether oxygens (including phenoxy) is 1. The molecule has 1 atom stereocenters. The molecule has 190 valence electrons. The van der Waals surface area contributed by atoms with E-state index in [1.165, 1.54) is 0 Å². The second-order valence-corrected chi connectivity index (χ2v) is 10.5. The van der Waals surface area contributed by atoms with Crippen LogP contribution in [0.15, 0.2) is 41.8 Å². The average molecular weight is 491 g/mol. The first-order chi connectivity index (χ1) is 17.6. The molecule has 9 nitrogen and oxygen atoms in total. The van der Waals surface area contributed by atoms with Gasteiger partial charge in [0, 0.05) is 62.7 Å². The van der Waals surface area contributed by atoms with Crippen molar-refractivity contribution < 1.29 is 14.6 Å². The van der Waals surface area contributed by atoms with Crippen LogP contribution < -0.4 is 9.91 Å². The standard InChI is InChI=1S/C27H34N6O3/c34-25(20-4-5-20)31-10-7-27(35,8-11-31)17-24-6-9-30-33(24)23-3-1-2-21(16-23)22-18-28-26(29-19-22)32-12-14-36-15-13-32/h1-3,9,16,18-20,24,35H,4-8,10-15,17H2. The fraction of sp³-hybridized carbons (Fsp3) is 0.556. The van der Waals surface area contributed by atoms with E-state index >= 15 is 0 Å². The molecule has 4 aliphatic rings. The van der Waals surface area contributed by atoms with Crippen molar-refractivity contribution in [3.05, 3.63) is 36.7 Å². The molecule has 4 heterocycles. The Morgan fingerprint density at radius 2 is 1.81 bits per heavy atom. The number of hydrazone groups is 1. The smallest absolute Gasteiger partial charge is 0.225 e. The Labute approximate surface area is 211 Å². The van der Waals surface area contributed by atoms with Crippen LogP contribution in [0.4, 0.5) is 11.6 Å². The van der Waals surface area contributed by atoms with Crippen molar-refractivity contribution in [2.75, 3.05) is 49.3 Å². The predicted octanol–water partition coefficient (Wildman–Crippen LogP) is 2.70. The third kappa shape index (κ3) is 4.95. The minimum atomic E-state index is -0.766. The SMILES string of the molecule is O=C(C1CC1)N1CCC(O)(CC2CC=NN2c2cccc(-c3cnc(N4CCOCC4)nc3)c2)CC1. The highest BCUT2D eigenvalue weighted by Crippen LogP contribution is 2.37. The first-order valence-electron chi connectivity index (χ1n) is 13.2. The number of aromatic nitrogens is 2. The third-order valence-corrected chi connectivity index (χ3v) is 7.85. The Balaban J connectivity index is 1.12. The summed E-state index contributed by atoms with van der Waals surface area (Å²) in [5, 5.41) is 18.1. The number of hydrogen-bond acceptors (Lipinski definition) is 8. The number of piperidine rings is 1. The molecule has 2 aromatic rings. The summed E-state index contributed by atoms with van der Waals surface area (Å²) in [6, 6.07) is 8.36. The summed E-state index contributed by atoms with van der Waals surface area (Å²) >= 11 is 0. The number of amides is 1. The van der Waals surface area contributed by atoms with Crippen LogP contribution in [0, 0.1) is 5.92 Å². The van der Waals surface area contributed by atoms with Crippen LogP contribution in [0.5, 0.6) is 0 Å². The molecule has 2 saturated heterocycles. The molecule has 1 unspecified atom stereocenters. The normalized spacial score (nSPS) is 23.8. The van der Waals surface area contributed by atoms with Crippen molar-refractivity contribution in [3.8, 4) is 11.1 Å². The third-order valence-electron chi connectivity index (χ3n) is 7.85. The Bertz CT molecular complexity index is 1100. The Kier molecular flexibility index (Phi) is 6.35. The lowest BCUT2D eigenvalue weighted by molar-refractivity contribution is -0.137. The lowest BCUT2D eigenvalue weighted by Crippen LogP contribution is -2.49. The maximum atomic E-state index is 12.4. The van der Waals surface area contributed by atoms with Crippen molar-refractivity contribution >= 4 is 23.8 Å². The largest absolute Gasteiger partial charge is 0.390 e. The lowest BCUT2D eigenvalue weighted by Gasteiger charge is -2.40. The number of nitrogens with zero attached hydrogens (tertiary/aromatic N) is 6. The van der Waals surface area contributed by atoms with E-state index in [2.05, 4.69) is 38.2 Å². The molecule has 3 aliphatic heterocycles. The Morgan fingerprint density at radius 1 is 1.06 bits per heavy atom. The number of hydrogen-bond donors (Lipinski definition) is 1. The van der Waals surface area contributed by atoms with Gasteiger partial charge in [0.1, 0.15) is 0 Å². The maximum Gasteiger partial charge on any atom is 0.225 e. The van der Waals surface area contributed by atoms with Crippen molar-refractivity contribution in [2.24, 2.45) is 11.0 Å². The topological polar surface area (TPSA) is 94.4 Å². The van der Waals surface area contributed by atoms with E-state index in [0.29, 0.717) is 45.6 Å². The molecule has 1 aromatic carbocycles. The molecule has 1 aliphatic carbocycles. The summed E-state index contributed by atoms with van der Waals surface area (Å²) in [6.45, 7) is 4.33. The fourth-order valence-corrected chi connectivity index (χ4v) is 5.50. The maximum absolute atomic E-state index is 12.4. The van der Waals surface area contributed by atoms with Gasteiger partial charge in [-0.05, 0) is 49.8 Å². The number of benzene rings is 1. The van der Waals surface area contributed by atoms with E-state index in [9.17, 15) is 9.90 Å². The van der Waals surface area contributed by atoms with Crippen LogP contribution in [0.2, 0.25) is 0 Å². The van der Waals surface area contributed by atoms with Gasteiger partial charge in [-0.2, -0.15) is 5.10 Å². The summed E-state index contributed by atoms with van der Waals surface area (Å²) in [4.78, 5) is 25.7. The van der Waals surface area contributed by atoms with E-state index in [1.54, 1.807) is 0 Å². The quantitative estimate of drug-likeness (QED) is 0.665. The second-order valence-electron chi connectivity index (χ2n) is 10.5. The molecule has 1 N–H and O–H groups in total. The molecule has 0 radical (unpaired) electrons. The molecule has 3 fully saturated rings. The summed E-state index contributed by atoms with van der Waals surface area (Å²) in [6.07, 6.45) is 10.4. The monoisotopic (exact) mass is 490 g/mol. The van der Waals surface area contributed by atoms with E-state index < -0.39 is 5.60 Å². The highest BCUT2D eigenvalue weighted by molar-refractivity contribution is 5.81. The second kappa shape index (κ2) is 9.78. The van der Waals surface area contributed by atoms with Crippen LogP contribution in [0.1, 0.15) is 38.5 Å². The summed E-state index contributed by atoms with van der Waals surface area (Å²) < 4.78 is 5.42. The van der Waals surface area contributed by atoms with E-state index in [1.807, 2.05) is 34.6 Å². The molecule has 1 amide bonds. The molecule has 1 saturated carbocycles. The average Bonchev–Trinajstić information content (AvgIpc) is 3.68. The molecule has 36 heavy (non-hydrogen) atoms. The van der Waals surface area contributed by atoms with Gasteiger partial charge in [0.25, 0.3) is 0 Å². The van der Waals surface area contributed by atoms with Gasteiger partial charge in [0.2, 0.25) is 11.9 Å². The lowest BCUT2D eigenvalue weighted by atomic mass is 9.84. The van der Waals surface area contributed by atoms with Gasteiger partial charge in [0.05, 0.1) is 30.5 Å². The fourth-order valence-electron chi connectivity index (χ4n) is 5.50. The number of carbonyl (C=O) groups is 1. The highest BCUT2D eigenvalue weighted by Gasteiger charge is 2.41. The molecular weight excluding hydrogens is 456 g/mol. The number of carbonyl (C=O) groups excluding carboxylic acids is 1. The van der Waals surface area contributed by atoms with Crippen molar-refractivity contribution in [1.82, 2.24) is 14.9 Å². The predicted molar refractivity (Wildman–Crippen MR) is 138 cm³/mol. The molecule has 0 bridgehead atoms. The molecule has 1 aromatic heterocycles. The van der Waals surface area contributed by atoms with Crippen LogP contribution in [-0.2, 0) is 9.53 Å². The molecular formula is C27H34N6O3. The summed E-state index contributed by atoms with van der Waals surface area (Å²) in [7, 11) is 0. The van der Waals surface area contributed by atoms with Gasteiger partial charge < -0.3 is 19.6 Å². The first kappa shape index (κ1) is 23.4. The number of likely N-dealkylation sites (tertiary alicyclic amines) is 1. The minimum absolute atomic E-state index is 0.0934. The van der Waals surface area contributed by atoms with E-state index in [0.717, 1.165) is 55.1 Å². The van der Waals surface area contributed by atoms with Crippen LogP contribution in [0.25, 0.3) is 11.1 Å². The first-order valence-corrected chi connectivity index (χ1v) is 13.2. The Morgan fingerprint density at radius 3 is 2.53 bits per heavy atom. The number of rotatable bonds is 6. The van der Waals surface area contributed by atoms with E-state index in [4.69, 9.17) is 4.74 Å². The van der Waals surface area contributed by atoms with Crippen LogP contribution in [-0.4, -0.2) is 83.1 Å². The van der Waals surface area contributed by atoms with Gasteiger partial charge in [-0.15, -0.1) is 0 Å². The molecule has 0 spiro atoms. The number of anilines is 2. The van der Waals surface area contributed by atoms with Gasteiger partial charge in [-0.3, -0.25) is 9.80 Å². The van der Waals surface area contributed by atoms with Crippen LogP contribution >= 0.6 is 0 Å². The van der Waals surface area contributed by atoms with E-state index in [-0.39, 0.29) is 17.9 Å². The zero-order valence-electron chi connectivity index (χ0n) is 20.6. The van der Waals surface area contributed by atoms with Gasteiger partial charge in [0.15, 0.2) is 0 Å². The van der Waals surface area contributed by atoms with Gasteiger partial charge in [-0.1, -0.05) is 12.1 Å². The van der Waals surface area contributed by atoms with Crippen molar-refractivity contribution in [2.45, 2.75) is 50.2 Å². The Hall–Kier alpha value is -3.04. The zero-order valence-corrected chi connectivity index (χ0v) is 20.6.